The van der Waals surface area contributed by atoms with Crippen LogP contribution in [-0.4, -0.2) is 12.4 Å². The third-order valence-corrected chi connectivity index (χ3v) is 14.2. The zero-order valence-corrected chi connectivity index (χ0v) is 34.1. The van der Waals surface area contributed by atoms with E-state index in [4.69, 9.17) is 4.74 Å². The summed E-state index contributed by atoms with van der Waals surface area (Å²) >= 11 is 0. The van der Waals surface area contributed by atoms with Gasteiger partial charge >= 0.3 is 12.4 Å². The highest BCUT2D eigenvalue weighted by molar-refractivity contribution is 5.41. The Hall–Kier alpha value is -3.06. The number of hydrogen-bond acceptors (Lipinski definition) is 1. The molecule has 0 heterocycles. The van der Waals surface area contributed by atoms with E-state index in [0.29, 0.717) is 48.7 Å². The Morgan fingerprint density at radius 1 is 0.544 bits per heavy atom. The summed E-state index contributed by atoms with van der Waals surface area (Å²) < 4.78 is 98.3. The molecule has 0 radical (unpaired) electrons. The van der Waals surface area contributed by atoms with Gasteiger partial charge in [0.2, 0.25) is 0 Å². The largest absolute Gasteiger partial charge is 0.398 e. The number of unbranched alkanes of at least 4 members (excludes halogenated alkanes) is 4. The van der Waals surface area contributed by atoms with E-state index in [1.165, 1.54) is 25.0 Å². The second-order valence-corrected chi connectivity index (χ2v) is 17.7. The lowest BCUT2D eigenvalue weighted by Gasteiger charge is -2.45. The molecule has 57 heavy (non-hydrogen) atoms. The molecular weight excluding hydrogens is 731 g/mol. The molecule has 4 unspecified atom stereocenters. The Labute approximate surface area is 338 Å². The molecule has 6 rings (SSSR count). The summed E-state index contributed by atoms with van der Waals surface area (Å²) in [6, 6.07) is 18.9. The van der Waals surface area contributed by atoms with Crippen LogP contribution in [0, 0.1) is 34.5 Å². The van der Waals surface area contributed by atoms with Gasteiger partial charge in [0.1, 0.15) is 12.2 Å². The minimum Gasteiger partial charge on any atom is -0.356 e. The number of allylic oxidation sites excluding steroid dienone is 4. The maximum atomic E-state index is 15.2. The van der Waals surface area contributed by atoms with Crippen LogP contribution in [0.2, 0.25) is 0 Å². The van der Waals surface area contributed by atoms with Gasteiger partial charge in [-0.15, -0.1) is 0 Å². The van der Waals surface area contributed by atoms with Crippen LogP contribution >= 0.6 is 0 Å². The number of ether oxygens (including phenoxy) is 1. The molecule has 4 atom stereocenters. The highest BCUT2D eigenvalue weighted by Crippen LogP contribution is 2.58. The summed E-state index contributed by atoms with van der Waals surface area (Å²) in [5, 5.41) is 0. The molecule has 2 saturated carbocycles. The quantitative estimate of drug-likeness (QED) is 0.121. The van der Waals surface area contributed by atoms with Crippen molar-refractivity contribution in [1.82, 2.24) is 0 Å². The molecule has 312 valence electrons. The number of hydrogen-bond donors (Lipinski definition) is 0. The minimum absolute atomic E-state index is 0.159. The molecular formula is C50H64F6O. The molecule has 2 aromatic rings. The topological polar surface area (TPSA) is 9.23 Å². The van der Waals surface area contributed by atoms with Gasteiger partial charge in [0.05, 0.1) is 10.8 Å². The van der Waals surface area contributed by atoms with E-state index in [2.05, 4.69) is 13.8 Å². The van der Waals surface area contributed by atoms with Gasteiger partial charge in [0.15, 0.2) is 0 Å². The summed E-state index contributed by atoms with van der Waals surface area (Å²) in [5.41, 5.74) is -1.04. The molecule has 2 fully saturated rings. The van der Waals surface area contributed by atoms with E-state index in [1.807, 2.05) is 60.7 Å². The van der Waals surface area contributed by atoms with E-state index in [0.717, 1.165) is 75.3 Å². The fraction of sp³-hybridized carbons (Fsp3) is 0.600. The van der Waals surface area contributed by atoms with Crippen molar-refractivity contribution in [2.45, 2.75) is 154 Å². The second kappa shape index (κ2) is 19.3. The van der Waals surface area contributed by atoms with Gasteiger partial charge in [-0.1, -0.05) is 188 Å². The molecule has 0 amide bonds. The molecule has 1 nitrogen and oxygen atoms in total. The Morgan fingerprint density at radius 3 is 1.21 bits per heavy atom. The lowest BCUT2D eigenvalue weighted by atomic mass is 9.62. The zero-order valence-electron chi connectivity index (χ0n) is 34.1. The van der Waals surface area contributed by atoms with Crippen LogP contribution in [0.15, 0.2) is 108 Å². The summed E-state index contributed by atoms with van der Waals surface area (Å²) in [6.07, 6.45) is 13.6. The monoisotopic (exact) mass is 794 g/mol. The summed E-state index contributed by atoms with van der Waals surface area (Å²) in [7, 11) is 0. The lowest BCUT2D eigenvalue weighted by Crippen LogP contribution is -2.45. The third kappa shape index (κ3) is 10.0. The Balaban J connectivity index is 1.25. The fourth-order valence-electron chi connectivity index (χ4n) is 10.6. The van der Waals surface area contributed by atoms with Crippen molar-refractivity contribution in [3.8, 4) is 0 Å². The third-order valence-electron chi connectivity index (χ3n) is 14.2. The average Bonchev–Trinajstić information content (AvgIpc) is 3.22. The van der Waals surface area contributed by atoms with E-state index >= 15 is 26.3 Å². The van der Waals surface area contributed by atoms with Gasteiger partial charge in [-0.2, -0.15) is 26.3 Å². The standard InChI is InChI=1S/C50H64F6O/c1-3-5-9-15-37-21-25-43(26-22-37)47(49(51,52)53)33-29-41(30-34-47)45(39-17-11-7-12-18-39)57-46(40-19-13-8-14-20-40)42-31-35-48(36-32-42,50(54,55)56)44-27-23-38(24-28-44)16-10-6-4-2/h7-8,11-14,17-20,29-33,35,37-38,43-46H,3-6,9-10,15-16,21-28,34,36H2,1-2H3. The van der Waals surface area contributed by atoms with Crippen molar-refractivity contribution in [2.24, 2.45) is 34.5 Å². The first-order chi connectivity index (χ1) is 27.4. The number of alkyl halides is 6. The summed E-state index contributed by atoms with van der Waals surface area (Å²) in [6.45, 7) is 4.34. The van der Waals surface area contributed by atoms with Gasteiger partial charge in [0.25, 0.3) is 0 Å². The molecule has 0 N–H and O–H groups in total. The molecule has 4 aliphatic carbocycles. The Bertz CT molecular complexity index is 1530. The van der Waals surface area contributed by atoms with E-state index in [1.54, 1.807) is 24.3 Å². The van der Waals surface area contributed by atoms with Crippen LogP contribution in [0.5, 0.6) is 0 Å². The predicted octanol–water partition coefficient (Wildman–Crippen LogP) is 16.1. The second-order valence-electron chi connectivity index (χ2n) is 17.7. The Morgan fingerprint density at radius 2 is 0.912 bits per heavy atom. The van der Waals surface area contributed by atoms with Crippen LogP contribution in [0.1, 0.15) is 153 Å². The van der Waals surface area contributed by atoms with Crippen molar-refractivity contribution < 1.29 is 31.1 Å². The van der Waals surface area contributed by atoms with Crippen LogP contribution in [-0.2, 0) is 4.74 Å². The first-order valence-corrected chi connectivity index (χ1v) is 22.1. The number of rotatable bonds is 16. The number of benzene rings is 2. The molecule has 0 aromatic heterocycles. The van der Waals surface area contributed by atoms with Gasteiger partial charge in [-0.3, -0.25) is 0 Å². The van der Waals surface area contributed by atoms with Crippen LogP contribution < -0.4 is 0 Å². The smallest absolute Gasteiger partial charge is 0.356 e. The van der Waals surface area contributed by atoms with Gasteiger partial charge in [-0.05, 0) is 84.5 Å². The highest BCUT2D eigenvalue weighted by atomic mass is 19.4. The first-order valence-electron chi connectivity index (χ1n) is 22.1. The average molecular weight is 795 g/mol. The minimum atomic E-state index is -4.40. The van der Waals surface area contributed by atoms with Crippen molar-refractivity contribution >= 4 is 0 Å². The van der Waals surface area contributed by atoms with Gasteiger partial charge < -0.3 is 4.74 Å². The zero-order chi connectivity index (χ0) is 40.5. The predicted molar refractivity (Wildman–Crippen MR) is 219 cm³/mol. The van der Waals surface area contributed by atoms with Crippen molar-refractivity contribution in [3.63, 3.8) is 0 Å². The van der Waals surface area contributed by atoms with Crippen LogP contribution in [0.3, 0.4) is 0 Å². The SMILES string of the molecule is CCCCCC1CCC(C2(C(F)(F)F)C=CC(C(OC(C3=CCC(C4CCC(CCCCC)CC4)(C(F)(F)F)C=C3)c3ccccc3)c3ccccc3)=CC2)CC1. The molecule has 0 bridgehead atoms. The molecule has 0 aliphatic heterocycles. The van der Waals surface area contributed by atoms with E-state index < -0.39 is 47.2 Å². The maximum absolute atomic E-state index is 15.2. The molecule has 7 heteroatoms. The van der Waals surface area contributed by atoms with Crippen LogP contribution in [0.25, 0.3) is 0 Å². The summed E-state index contributed by atoms with van der Waals surface area (Å²) in [4.78, 5) is 0. The van der Waals surface area contributed by atoms with Crippen LogP contribution in [0.4, 0.5) is 26.3 Å². The van der Waals surface area contributed by atoms with E-state index in [-0.39, 0.29) is 12.8 Å². The van der Waals surface area contributed by atoms with Gasteiger partial charge in [0, 0.05) is 0 Å². The van der Waals surface area contributed by atoms with Gasteiger partial charge in [-0.25, -0.2) is 0 Å². The van der Waals surface area contributed by atoms with E-state index in [9.17, 15) is 0 Å². The molecule has 0 spiro atoms. The normalized spacial score (nSPS) is 29.4. The lowest BCUT2D eigenvalue weighted by molar-refractivity contribution is -0.227. The number of halogens is 6. The fourth-order valence-corrected chi connectivity index (χ4v) is 10.6. The Kier molecular flexibility index (Phi) is 14.8. The highest BCUT2D eigenvalue weighted by Gasteiger charge is 2.59. The molecule has 4 aliphatic rings. The maximum Gasteiger partial charge on any atom is 0.398 e. The summed E-state index contributed by atoms with van der Waals surface area (Å²) in [5.74, 6) is 0.0407. The van der Waals surface area contributed by atoms with Crippen molar-refractivity contribution in [1.29, 1.82) is 0 Å². The molecule has 2 aromatic carbocycles. The van der Waals surface area contributed by atoms with Crippen molar-refractivity contribution in [3.05, 3.63) is 119 Å². The van der Waals surface area contributed by atoms with Crippen molar-refractivity contribution in [2.75, 3.05) is 0 Å². The molecule has 0 saturated heterocycles. The first kappa shape index (κ1) is 43.5.